The lowest BCUT2D eigenvalue weighted by molar-refractivity contribution is -0.137. The number of Topliss-reactive ketones (excluding diaryl/α,β-unsaturated/α-hetero) is 1. The SMILES string of the molecule is NC(=O)C(=O)C(Cc1ccccc1)NC(=O)c1ccnn1-c1cncnc1. The molecule has 0 aliphatic heterocycles. The Balaban J connectivity index is 1.84. The summed E-state index contributed by atoms with van der Waals surface area (Å²) in [4.78, 5) is 44.0. The van der Waals surface area contributed by atoms with Crippen molar-refractivity contribution < 1.29 is 14.4 Å². The van der Waals surface area contributed by atoms with E-state index in [1.54, 1.807) is 24.3 Å². The fourth-order valence-corrected chi connectivity index (χ4v) is 2.54. The van der Waals surface area contributed by atoms with Gasteiger partial charge in [-0.15, -0.1) is 0 Å². The zero-order valence-electron chi connectivity index (χ0n) is 14.1. The van der Waals surface area contributed by atoms with Gasteiger partial charge in [-0.25, -0.2) is 14.6 Å². The first-order valence-corrected chi connectivity index (χ1v) is 8.04. The molecule has 2 heterocycles. The van der Waals surface area contributed by atoms with Crippen LogP contribution in [0.5, 0.6) is 0 Å². The van der Waals surface area contributed by atoms with Gasteiger partial charge in [-0.1, -0.05) is 30.3 Å². The molecule has 27 heavy (non-hydrogen) atoms. The number of ketones is 1. The lowest BCUT2D eigenvalue weighted by atomic mass is 10.0. The fourth-order valence-electron chi connectivity index (χ4n) is 2.54. The lowest BCUT2D eigenvalue weighted by Gasteiger charge is -2.16. The van der Waals surface area contributed by atoms with Crippen molar-refractivity contribution in [3.63, 3.8) is 0 Å². The average Bonchev–Trinajstić information content (AvgIpc) is 3.18. The minimum atomic E-state index is -1.11. The van der Waals surface area contributed by atoms with E-state index in [2.05, 4.69) is 20.4 Å². The predicted molar refractivity (Wildman–Crippen MR) is 94.8 cm³/mol. The number of aromatic nitrogens is 4. The Kier molecular flexibility index (Phi) is 5.31. The van der Waals surface area contributed by atoms with Crippen LogP contribution < -0.4 is 11.1 Å². The van der Waals surface area contributed by atoms with Crippen molar-refractivity contribution in [1.29, 1.82) is 0 Å². The molecular formula is C18H16N6O3. The van der Waals surface area contributed by atoms with Gasteiger partial charge >= 0.3 is 0 Å². The second-order valence-electron chi connectivity index (χ2n) is 5.67. The number of nitrogens with zero attached hydrogens (tertiary/aromatic N) is 4. The van der Waals surface area contributed by atoms with Gasteiger partial charge in [-0.2, -0.15) is 5.10 Å². The number of benzene rings is 1. The van der Waals surface area contributed by atoms with Crippen LogP contribution >= 0.6 is 0 Å². The van der Waals surface area contributed by atoms with Crippen LogP contribution in [0.3, 0.4) is 0 Å². The Morgan fingerprint density at radius 1 is 1.07 bits per heavy atom. The largest absolute Gasteiger partial charge is 0.363 e. The van der Waals surface area contributed by atoms with Crippen LogP contribution in [-0.2, 0) is 16.0 Å². The molecular weight excluding hydrogens is 348 g/mol. The lowest BCUT2D eigenvalue weighted by Crippen LogP contribution is -2.47. The Bertz CT molecular complexity index is 955. The molecule has 2 aromatic heterocycles. The second kappa shape index (κ2) is 8.00. The third kappa shape index (κ3) is 4.21. The number of amides is 2. The minimum Gasteiger partial charge on any atom is -0.363 e. The van der Waals surface area contributed by atoms with E-state index in [-0.39, 0.29) is 12.1 Å². The molecule has 0 saturated heterocycles. The first-order valence-electron chi connectivity index (χ1n) is 8.04. The Morgan fingerprint density at radius 2 is 1.78 bits per heavy atom. The van der Waals surface area contributed by atoms with Gasteiger partial charge in [0, 0.05) is 6.42 Å². The van der Waals surface area contributed by atoms with Crippen molar-refractivity contribution in [2.24, 2.45) is 5.73 Å². The summed E-state index contributed by atoms with van der Waals surface area (Å²) < 4.78 is 1.34. The topological polar surface area (TPSA) is 133 Å². The average molecular weight is 364 g/mol. The highest BCUT2D eigenvalue weighted by Gasteiger charge is 2.27. The maximum absolute atomic E-state index is 12.7. The first kappa shape index (κ1) is 17.9. The minimum absolute atomic E-state index is 0.136. The third-order valence-electron chi connectivity index (χ3n) is 3.81. The van der Waals surface area contributed by atoms with Crippen molar-refractivity contribution in [3.05, 3.63) is 72.6 Å². The molecule has 0 fully saturated rings. The highest BCUT2D eigenvalue weighted by molar-refractivity contribution is 6.38. The van der Waals surface area contributed by atoms with Crippen molar-refractivity contribution in [3.8, 4) is 5.69 Å². The molecule has 0 aliphatic rings. The molecule has 0 radical (unpaired) electrons. The summed E-state index contributed by atoms with van der Waals surface area (Å²) in [7, 11) is 0. The predicted octanol–water partition coefficient (Wildman–Crippen LogP) is 0.0578. The van der Waals surface area contributed by atoms with Gasteiger partial charge in [0.15, 0.2) is 0 Å². The number of primary amides is 1. The molecule has 0 spiro atoms. The van der Waals surface area contributed by atoms with E-state index >= 15 is 0 Å². The molecule has 1 unspecified atom stereocenters. The highest BCUT2D eigenvalue weighted by Crippen LogP contribution is 2.10. The molecule has 9 heteroatoms. The first-order chi connectivity index (χ1) is 13.1. The van der Waals surface area contributed by atoms with Crippen molar-refractivity contribution in [2.75, 3.05) is 0 Å². The van der Waals surface area contributed by atoms with Gasteiger partial charge in [0.1, 0.15) is 23.8 Å². The molecule has 2 amide bonds. The van der Waals surface area contributed by atoms with E-state index in [0.717, 1.165) is 5.56 Å². The second-order valence-corrected chi connectivity index (χ2v) is 5.67. The van der Waals surface area contributed by atoms with Crippen molar-refractivity contribution in [1.82, 2.24) is 25.1 Å². The van der Waals surface area contributed by atoms with Gasteiger partial charge in [0.25, 0.3) is 11.8 Å². The van der Waals surface area contributed by atoms with E-state index in [0.29, 0.717) is 5.69 Å². The summed E-state index contributed by atoms with van der Waals surface area (Å²) in [6, 6.07) is 9.40. The Hall–Kier alpha value is -3.88. The molecule has 0 aliphatic carbocycles. The molecule has 1 atom stereocenters. The molecule has 3 N–H and O–H groups in total. The van der Waals surface area contributed by atoms with Gasteiger partial charge < -0.3 is 11.1 Å². The van der Waals surface area contributed by atoms with Gasteiger partial charge in [0.05, 0.1) is 18.6 Å². The van der Waals surface area contributed by atoms with E-state index in [9.17, 15) is 14.4 Å². The summed E-state index contributed by atoms with van der Waals surface area (Å²) >= 11 is 0. The van der Waals surface area contributed by atoms with Crippen molar-refractivity contribution >= 4 is 17.6 Å². The van der Waals surface area contributed by atoms with Crippen LogP contribution in [0.2, 0.25) is 0 Å². The summed E-state index contributed by atoms with van der Waals surface area (Å²) in [6.45, 7) is 0. The number of nitrogens with two attached hydrogens (primary N) is 1. The molecule has 3 aromatic rings. The smallest absolute Gasteiger partial charge is 0.287 e. The van der Waals surface area contributed by atoms with Crippen LogP contribution in [0.1, 0.15) is 16.1 Å². The summed E-state index contributed by atoms with van der Waals surface area (Å²) in [5.41, 5.74) is 6.56. The van der Waals surface area contributed by atoms with Crippen LogP contribution in [0, 0.1) is 0 Å². The van der Waals surface area contributed by atoms with E-state index in [4.69, 9.17) is 5.73 Å². The summed E-state index contributed by atoms with van der Waals surface area (Å²) in [6.07, 6.45) is 5.91. The van der Waals surface area contributed by atoms with E-state index in [1.165, 1.54) is 35.7 Å². The number of hydrogen-bond acceptors (Lipinski definition) is 6. The van der Waals surface area contributed by atoms with E-state index in [1.807, 2.05) is 6.07 Å². The highest BCUT2D eigenvalue weighted by atomic mass is 16.2. The fraction of sp³-hybridized carbons (Fsp3) is 0.111. The molecule has 1 aromatic carbocycles. The molecule has 0 saturated carbocycles. The van der Waals surface area contributed by atoms with Crippen LogP contribution in [-0.4, -0.2) is 43.4 Å². The summed E-state index contributed by atoms with van der Waals surface area (Å²) in [5.74, 6) is -2.56. The van der Waals surface area contributed by atoms with Crippen LogP contribution in [0.25, 0.3) is 5.69 Å². The number of nitrogens with one attached hydrogen (secondary N) is 1. The normalized spacial score (nSPS) is 11.6. The molecule has 9 nitrogen and oxygen atoms in total. The van der Waals surface area contributed by atoms with Gasteiger partial charge in [-0.05, 0) is 11.6 Å². The number of hydrogen-bond donors (Lipinski definition) is 2. The molecule has 0 bridgehead atoms. The number of rotatable bonds is 7. The van der Waals surface area contributed by atoms with Crippen LogP contribution in [0.15, 0.2) is 61.3 Å². The monoisotopic (exact) mass is 364 g/mol. The quantitative estimate of drug-likeness (QED) is 0.570. The molecule has 3 rings (SSSR count). The standard InChI is InChI=1S/C18H16N6O3/c19-17(26)16(25)14(8-12-4-2-1-3-5-12)23-18(27)15-6-7-22-24(15)13-9-20-11-21-10-13/h1-7,9-11,14H,8H2,(H2,19,26)(H,23,27). The number of carbonyl (C=O) groups excluding carboxylic acids is 3. The van der Waals surface area contributed by atoms with Gasteiger partial charge in [-0.3, -0.25) is 14.4 Å². The molecule has 136 valence electrons. The zero-order chi connectivity index (χ0) is 19.2. The zero-order valence-corrected chi connectivity index (χ0v) is 14.1. The number of carbonyl (C=O) groups is 3. The maximum Gasteiger partial charge on any atom is 0.287 e. The third-order valence-corrected chi connectivity index (χ3v) is 3.81. The maximum atomic E-state index is 12.7. The summed E-state index contributed by atoms with van der Waals surface area (Å²) in [5, 5.41) is 6.65. The van der Waals surface area contributed by atoms with Gasteiger partial charge in [0.2, 0.25) is 5.78 Å². The van der Waals surface area contributed by atoms with Crippen molar-refractivity contribution in [2.45, 2.75) is 12.5 Å². The van der Waals surface area contributed by atoms with E-state index < -0.39 is 23.6 Å². The van der Waals surface area contributed by atoms with Crippen LogP contribution in [0.4, 0.5) is 0 Å². The Morgan fingerprint density at radius 3 is 2.44 bits per heavy atom. The Labute approximate surface area is 154 Å².